The van der Waals surface area contributed by atoms with E-state index in [0.717, 1.165) is 17.3 Å². The summed E-state index contributed by atoms with van der Waals surface area (Å²) in [5, 5.41) is 9.02. The van der Waals surface area contributed by atoms with Gasteiger partial charge in [-0.2, -0.15) is 0 Å². The van der Waals surface area contributed by atoms with Gasteiger partial charge in [0.15, 0.2) is 9.99 Å². The molecule has 0 aliphatic rings. The average molecular weight is 273 g/mol. The number of carbonyl (C=O) groups excluding carboxylic acids is 1. The van der Waals surface area contributed by atoms with Gasteiger partial charge in [0.05, 0.1) is 0 Å². The number of hydrogen-bond acceptors (Lipinski definition) is 3. The molecular formula is C12H13ClO3S. The SMILES string of the molecule is CC(=O)SCC(Cl)(Cc1ccccc1)C(=O)O. The molecule has 0 aliphatic heterocycles. The highest BCUT2D eigenvalue weighted by atomic mass is 35.5. The molecule has 0 aliphatic carbocycles. The number of rotatable bonds is 5. The van der Waals surface area contributed by atoms with E-state index in [1.165, 1.54) is 6.92 Å². The van der Waals surface area contributed by atoms with Crippen LogP contribution in [-0.4, -0.2) is 26.8 Å². The second-order valence-electron chi connectivity index (χ2n) is 3.71. The highest BCUT2D eigenvalue weighted by Gasteiger charge is 2.36. The van der Waals surface area contributed by atoms with Crippen molar-refractivity contribution in [3.05, 3.63) is 35.9 Å². The van der Waals surface area contributed by atoms with Crippen LogP contribution in [0.4, 0.5) is 0 Å². The van der Waals surface area contributed by atoms with Crippen LogP contribution in [-0.2, 0) is 16.0 Å². The van der Waals surface area contributed by atoms with Crippen molar-refractivity contribution >= 4 is 34.4 Å². The number of carboxylic acid groups (broad SMARTS) is 1. The average Bonchev–Trinajstić information content (AvgIpc) is 2.27. The molecule has 0 amide bonds. The minimum Gasteiger partial charge on any atom is -0.480 e. The maximum Gasteiger partial charge on any atom is 0.325 e. The Morgan fingerprint density at radius 1 is 1.35 bits per heavy atom. The van der Waals surface area contributed by atoms with E-state index in [-0.39, 0.29) is 17.3 Å². The lowest BCUT2D eigenvalue weighted by molar-refractivity contribution is -0.139. The first-order valence-corrected chi connectivity index (χ1v) is 6.40. The predicted octanol–water partition coefficient (Wildman–Crippen LogP) is 2.57. The zero-order chi connectivity index (χ0) is 12.9. The van der Waals surface area contributed by atoms with E-state index in [9.17, 15) is 9.59 Å². The highest BCUT2D eigenvalue weighted by Crippen LogP contribution is 2.26. The molecule has 92 valence electrons. The topological polar surface area (TPSA) is 54.4 Å². The van der Waals surface area contributed by atoms with E-state index >= 15 is 0 Å². The van der Waals surface area contributed by atoms with Crippen molar-refractivity contribution in [2.75, 3.05) is 5.75 Å². The Labute approximate surface area is 109 Å². The van der Waals surface area contributed by atoms with Crippen LogP contribution in [0.15, 0.2) is 30.3 Å². The molecule has 17 heavy (non-hydrogen) atoms. The Balaban J connectivity index is 2.78. The summed E-state index contributed by atoms with van der Waals surface area (Å²) in [6.07, 6.45) is 0.199. The number of aliphatic carboxylic acids is 1. The van der Waals surface area contributed by atoms with E-state index in [1.807, 2.05) is 30.3 Å². The molecule has 1 N–H and O–H groups in total. The maximum absolute atomic E-state index is 11.2. The molecule has 0 saturated carbocycles. The second kappa shape index (κ2) is 6.07. The Morgan fingerprint density at radius 3 is 2.41 bits per heavy atom. The summed E-state index contributed by atoms with van der Waals surface area (Å²) in [5.74, 6) is -1.04. The van der Waals surface area contributed by atoms with Gasteiger partial charge in [-0.05, 0) is 5.56 Å². The van der Waals surface area contributed by atoms with Gasteiger partial charge >= 0.3 is 5.97 Å². The lowest BCUT2D eigenvalue weighted by Crippen LogP contribution is -2.38. The molecule has 0 radical (unpaired) electrons. The van der Waals surface area contributed by atoms with E-state index < -0.39 is 10.8 Å². The first-order valence-electron chi connectivity index (χ1n) is 5.03. The monoisotopic (exact) mass is 272 g/mol. The fourth-order valence-corrected chi connectivity index (χ4v) is 2.30. The third-order valence-electron chi connectivity index (χ3n) is 2.21. The van der Waals surface area contributed by atoms with E-state index in [4.69, 9.17) is 16.7 Å². The summed E-state index contributed by atoms with van der Waals surface area (Å²) in [6, 6.07) is 9.14. The van der Waals surface area contributed by atoms with Crippen molar-refractivity contribution in [2.45, 2.75) is 18.2 Å². The van der Waals surface area contributed by atoms with E-state index in [1.54, 1.807) is 0 Å². The summed E-state index contributed by atoms with van der Waals surface area (Å²) in [7, 11) is 0. The standard InChI is InChI=1S/C12H13ClO3S/c1-9(14)17-8-12(13,11(15)16)7-10-5-3-2-4-6-10/h2-6H,7-8H2,1H3,(H,15,16). The van der Waals surface area contributed by atoms with Crippen LogP contribution in [0.2, 0.25) is 0 Å². The summed E-state index contributed by atoms with van der Waals surface area (Å²) in [6.45, 7) is 1.40. The lowest BCUT2D eigenvalue weighted by Gasteiger charge is -2.21. The fraction of sp³-hybridized carbons (Fsp3) is 0.333. The molecule has 0 saturated heterocycles. The highest BCUT2D eigenvalue weighted by molar-refractivity contribution is 8.13. The molecule has 0 heterocycles. The van der Waals surface area contributed by atoms with Gasteiger partial charge in [-0.1, -0.05) is 42.1 Å². The van der Waals surface area contributed by atoms with Crippen LogP contribution in [0.25, 0.3) is 0 Å². The van der Waals surface area contributed by atoms with Gasteiger partial charge in [0.2, 0.25) is 0 Å². The maximum atomic E-state index is 11.2. The van der Waals surface area contributed by atoms with Gasteiger partial charge in [-0.3, -0.25) is 9.59 Å². The first-order chi connectivity index (χ1) is 7.94. The Kier molecular flexibility index (Phi) is 5.02. The van der Waals surface area contributed by atoms with E-state index in [2.05, 4.69) is 0 Å². The lowest BCUT2D eigenvalue weighted by atomic mass is 10.0. The quantitative estimate of drug-likeness (QED) is 0.837. The minimum atomic E-state index is -1.43. The number of alkyl halides is 1. The van der Waals surface area contributed by atoms with Crippen LogP contribution in [0.1, 0.15) is 12.5 Å². The molecule has 3 nitrogen and oxygen atoms in total. The molecule has 1 aromatic carbocycles. The number of benzene rings is 1. The number of halogens is 1. The zero-order valence-corrected chi connectivity index (χ0v) is 10.9. The molecule has 0 aromatic heterocycles. The predicted molar refractivity (Wildman–Crippen MR) is 69.5 cm³/mol. The molecule has 1 rings (SSSR count). The van der Waals surface area contributed by atoms with Gasteiger partial charge in [-0.25, -0.2) is 0 Å². The van der Waals surface area contributed by atoms with Crippen LogP contribution in [0.3, 0.4) is 0 Å². The largest absolute Gasteiger partial charge is 0.480 e. The van der Waals surface area contributed by atoms with Crippen molar-refractivity contribution in [1.82, 2.24) is 0 Å². The van der Waals surface area contributed by atoms with Gasteiger partial charge in [0.25, 0.3) is 0 Å². The van der Waals surface area contributed by atoms with Crippen molar-refractivity contribution < 1.29 is 14.7 Å². The van der Waals surface area contributed by atoms with Gasteiger partial charge in [0, 0.05) is 19.1 Å². The zero-order valence-electron chi connectivity index (χ0n) is 9.35. The summed E-state index contributed by atoms with van der Waals surface area (Å²) in [5.41, 5.74) is 0.842. The number of thioether (sulfide) groups is 1. The van der Waals surface area contributed by atoms with Gasteiger partial charge in [0.1, 0.15) is 0 Å². The summed E-state index contributed by atoms with van der Waals surface area (Å²) >= 11 is 7.01. The molecule has 0 fully saturated rings. The van der Waals surface area contributed by atoms with Crippen molar-refractivity contribution in [3.63, 3.8) is 0 Å². The molecule has 1 aromatic rings. The normalized spacial score (nSPS) is 14.0. The molecular weight excluding hydrogens is 260 g/mol. The van der Waals surface area contributed by atoms with Crippen LogP contribution >= 0.6 is 23.4 Å². The van der Waals surface area contributed by atoms with E-state index in [0.29, 0.717) is 0 Å². The minimum absolute atomic E-state index is 0.0636. The second-order valence-corrected chi connectivity index (χ2v) is 5.59. The molecule has 1 unspecified atom stereocenters. The number of carbonyl (C=O) groups is 2. The van der Waals surface area contributed by atoms with Crippen LogP contribution in [0.5, 0.6) is 0 Å². The molecule has 1 atom stereocenters. The summed E-state index contributed by atoms with van der Waals surface area (Å²) in [4.78, 5) is 20.6. The van der Waals surface area contributed by atoms with Crippen molar-refractivity contribution in [1.29, 1.82) is 0 Å². The molecule has 0 bridgehead atoms. The van der Waals surface area contributed by atoms with Gasteiger partial charge in [-0.15, -0.1) is 11.6 Å². The fourth-order valence-electron chi connectivity index (χ4n) is 1.32. The third kappa shape index (κ3) is 4.40. The molecule has 5 heteroatoms. The Hall–Kier alpha value is -1.00. The Morgan fingerprint density at radius 2 is 1.94 bits per heavy atom. The first kappa shape index (κ1) is 14.1. The smallest absolute Gasteiger partial charge is 0.325 e. The molecule has 0 spiro atoms. The summed E-state index contributed by atoms with van der Waals surface area (Å²) < 4.78 is 0. The van der Waals surface area contributed by atoms with Crippen LogP contribution < -0.4 is 0 Å². The number of carboxylic acids is 1. The number of hydrogen-bond donors (Lipinski definition) is 1. The van der Waals surface area contributed by atoms with Crippen molar-refractivity contribution in [3.8, 4) is 0 Å². The third-order valence-corrected chi connectivity index (χ3v) is 3.85. The van der Waals surface area contributed by atoms with Crippen LogP contribution in [0, 0.1) is 0 Å². The van der Waals surface area contributed by atoms with Crippen molar-refractivity contribution in [2.24, 2.45) is 0 Å². The van der Waals surface area contributed by atoms with Gasteiger partial charge < -0.3 is 5.11 Å². The Bertz CT molecular complexity index is 407.